The molecule has 3 rings (SSSR count). The number of hydrogen-bond donors (Lipinski definition) is 2. The van der Waals surface area contributed by atoms with Crippen LogP contribution in [-0.4, -0.2) is 25.0 Å². The van der Waals surface area contributed by atoms with Gasteiger partial charge in [0.2, 0.25) is 5.91 Å². The maximum absolute atomic E-state index is 12.1. The normalized spacial score (nSPS) is 15.7. The molecule has 2 N–H and O–H groups in total. The Morgan fingerprint density at radius 3 is 2.92 bits per heavy atom. The van der Waals surface area contributed by atoms with Gasteiger partial charge in [0, 0.05) is 6.54 Å². The highest BCUT2D eigenvalue weighted by Crippen LogP contribution is 2.29. The fourth-order valence-electron chi connectivity index (χ4n) is 2.45. The van der Waals surface area contributed by atoms with Crippen LogP contribution in [0.5, 0.6) is 11.5 Å². The zero-order valence-corrected chi connectivity index (χ0v) is 13.2. The summed E-state index contributed by atoms with van der Waals surface area (Å²) in [6.45, 7) is 0.362. The van der Waals surface area contributed by atoms with E-state index in [1.807, 2.05) is 36.4 Å². The number of hydrogen-bond acceptors (Lipinski definition) is 4. The Morgan fingerprint density at radius 1 is 1.25 bits per heavy atom. The summed E-state index contributed by atoms with van der Waals surface area (Å²) in [6.07, 6.45) is -0.866. The third-order valence-corrected chi connectivity index (χ3v) is 3.70. The van der Waals surface area contributed by atoms with Crippen molar-refractivity contribution in [3.05, 3.63) is 54.1 Å². The largest absolute Gasteiger partial charge is 0.497 e. The van der Waals surface area contributed by atoms with Crippen LogP contribution >= 0.6 is 0 Å². The van der Waals surface area contributed by atoms with Gasteiger partial charge >= 0.3 is 0 Å². The number of anilines is 1. The molecule has 6 nitrogen and oxygen atoms in total. The van der Waals surface area contributed by atoms with Crippen LogP contribution in [0.25, 0.3) is 0 Å². The number of carbonyl (C=O) groups excluding carboxylic acids is 2. The van der Waals surface area contributed by atoms with E-state index in [4.69, 9.17) is 9.47 Å². The lowest BCUT2D eigenvalue weighted by molar-refractivity contribution is -0.130. The molecule has 2 aromatic carbocycles. The Morgan fingerprint density at radius 2 is 2.08 bits per heavy atom. The van der Waals surface area contributed by atoms with Gasteiger partial charge in [0.15, 0.2) is 6.10 Å². The monoisotopic (exact) mass is 326 g/mol. The Kier molecular flexibility index (Phi) is 4.65. The third kappa shape index (κ3) is 3.65. The van der Waals surface area contributed by atoms with E-state index in [0.29, 0.717) is 18.0 Å². The van der Waals surface area contributed by atoms with Crippen LogP contribution in [0, 0.1) is 0 Å². The molecule has 0 saturated carbocycles. The van der Waals surface area contributed by atoms with Gasteiger partial charge in [-0.1, -0.05) is 24.3 Å². The van der Waals surface area contributed by atoms with Crippen molar-refractivity contribution in [2.75, 3.05) is 12.4 Å². The van der Waals surface area contributed by atoms with Crippen LogP contribution in [0.15, 0.2) is 48.5 Å². The molecule has 1 aliphatic heterocycles. The molecule has 24 heavy (non-hydrogen) atoms. The van der Waals surface area contributed by atoms with Gasteiger partial charge in [-0.15, -0.1) is 0 Å². The molecule has 2 amide bonds. The second kappa shape index (κ2) is 7.04. The lowest BCUT2D eigenvalue weighted by Gasteiger charge is -2.25. The second-order valence-corrected chi connectivity index (χ2v) is 5.42. The molecule has 0 fully saturated rings. The van der Waals surface area contributed by atoms with Gasteiger partial charge in [-0.05, 0) is 29.8 Å². The standard InChI is InChI=1S/C18H18N2O4/c1-23-13-6-4-5-12(9-13)11-19-17(21)10-16-18(22)20-14-7-2-3-8-15(14)24-16/h2-9,16H,10-11H2,1H3,(H,19,21)(H,20,22). The molecule has 0 radical (unpaired) electrons. The van der Waals surface area contributed by atoms with Crippen molar-refractivity contribution < 1.29 is 19.1 Å². The van der Waals surface area contributed by atoms with Gasteiger partial charge in [0.25, 0.3) is 5.91 Å². The molecule has 124 valence electrons. The number of ether oxygens (including phenoxy) is 2. The average molecular weight is 326 g/mol. The van der Waals surface area contributed by atoms with Crippen LogP contribution < -0.4 is 20.1 Å². The van der Waals surface area contributed by atoms with Crippen LogP contribution in [0.2, 0.25) is 0 Å². The van der Waals surface area contributed by atoms with E-state index < -0.39 is 6.10 Å². The smallest absolute Gasteiger partial charge is 0.266 e. The molecule has 6 heteroatoms. The minimum absolute atomic E-state index is 0.0376. The van der Waals surface area contributed by atoms with E-state index in [1.54, 1.807) is 19.2 Å². The van der Waals surface area contributed by atoms with Crippen molar-refractivity contribution in [1.29, 1.82) is 0 Å². The fraction of sp³-hybridized carbons (Fsp3) is 0.222. The molecule has 0 aliphatic carbocycles. The summed E-state index contributed by atoms with van der Waals surface area (Å²) >= 11 is 0. The van der Waals surface area contributed by atoms with Gasteiger partial charge in [0.1, 0.15) is 11.5 Å². The van der Waals surface area contributed by atoms with E-state index >= 15 is 0 Å². The van der Waals surface area contributed by atoms with Gasteiger partial charge < -0.3 is 20.1 Å². The van der Waals surface area contributed by atoms with Gasteiger partial charge in [-0.25, -0.2) is 0 Å². The van der Waals surface area contributed by atoms with Crippen molar-refractivity contribution in [3.63, 3.8) is 0 Å². The maximum atomic E-state index is 12.1. The Labute approximate surface area is 139 Å². The molecule has 1 heterocycles. The lowest BCUT2D eigenvalue weighted by atomic mass is 10.1. The summed E-state index contributed by atoms with van der Waals surface area (Å²) in [6, 6.07) is 14.6. The first-order valence-corrected chi connectivity index (χ1v) is 7.62. The number of para-hydroxylation sites is 2. The number of nitrogens with one attached hydrogen (secondary N) is 2. The average Bonchev–Trinajstić information content (AvgIpc) is 2.61. The van der Waals surface area contributed by atoms with E-state index in [9.17, 15) is 9.59 Å². The summed E-state index contributed by atoms with van der Waals surface area (Å²) < 4.78 is 10.8. The number of fused-ring (bicyclic) bond motifs is 1. The summed E-state index contributed by atoms with van der Waals surface area (Å²) in [5, 5.41) is 5.53. The quantitative estimate of drug-likeness (QED) is 0.882. The summed E-state index contributed by atoms with van der Waals surface area (Å²) in [4.78, 5) is 24.1. The van der Waals surface area contributed by atoms with Crippen molar-refractivity contribution in [3.8, 4) is 11.5 Å². The first kappa shape index (κ1) is 15.9. The predicted molar refractivity (Wildman–Crippen MR) is 88.9 cm³/mol. The molecular formula is C18H18N2O4. The zero-order valence-electron chi connectivity index (χ0n) is 13.2. The predicted octanol–water partition coefficient (Wildman–Crippen LogP) is 2.10. The van der Waals surface area contributed by atoms with Crippen molar-refractivity contribution >= 4 is 17.5 Å². The van der Waals surface area contributed by atoms with E-state index in [2.05, 4.69) is 10.6 Å². The molecule has 1 atom stereocenters. The number of carbonyl (C=O) groups is 2. The minimum Gasteiger partial charge on any atom is -0.497 e. The Bertz CT molecular complexity index is 760. The molecule has 0 saturated heterocycles. The maximum Gasteiger partial charge on any atom is 0.266 e. The molecular weight excluding hydrogens is 308 g/mol. The highest BCUT2D eigenvalue weighted by molar-refractivity contribution is 5.99. The van der Waals surface area contributed by atoms with Crippen molar-refractivity contribution in [1.82, 2.24) is 5.32 Å². The zero-order chi connectivity index (χ0) is 16.9. The minimum atomic E-state index is -0.829. The number of benzene rings is 2. The van der Waals surface area contributed by atoms with Gasteiger partial charge in [0.05, 0.1) is 19.2 Å². The van der Waals surface area contributed by atoms with Crippen molar-refractivity contribution in [2.24, 2.45) is 0 Å². The van der Waals surface area contributed by atoms with Crippen LogP contribution in [0.4, 0.5) is 5.69 Å². The first-order chi connectivity index (χ1) is 11.7. The highest BCUT2D eigenvalue weighted by Gasteiger charge is 2.29. The van der Waals surface area contributed by atoms with E-state index in [-0.39, 0.29) is 18.2 Å². The van der Waals surface area contributed by atoms with E-state index in [0.717, 1.165) is 11.3 Å². The SMILES string of the molecule is COc1cccc(CNC(=O)CC2Oc3ccccc3NC2=O)c1. The summed E-state index contributed by atoms with van der Waals surface area (Å²) in [5.41, 5.74) is 1.54. The van der Waals surface area contributed by atoms with Crippen LogP contribution in [0.3, 0.4) is 0 Å². The second-order valence-electron chi connectivity index (χ2n) is 5.42. The number of rotatable bonds is 5. The molecule has 1 aliphatic rings. The Hall–Kier alpha value is -3.02. The van der Waals surface area contributed by atoms with Crippen LogP contribution in [-0.2, 0) is 16.1 Å². The number of amides is 2. The molecule has 1 unspecified atom stereocenters. The van der Waals surface area contributed by atoms with Gasteiger partial charge in [-0.2, -0.15) is 0 Å². The molecule has 0 bridgehead atoms. The van der Waals surface area contributed by atoms with E-state index in [1.165, 1.54) is 0 Å². The topological polar surface area (TPSA) is 76.7 Å². The van der Waals surface area contributed by atoms with Crippen LogP contribution in [0.1, 0.15) is 12.0 Å². The van der Waals surface area contributed by atoms with Crippen molar-refractivity contribution in [2.45, 2.75) is 19.1 Å². The number of methoxy groups -OCH3 is 1. The fourth-order valence-corrected chi connectivity index (χ4v) is 2.45. The van der Waals surface area contributed by atoms with Gasteiger partial charge in [-0.3, -0.25) is 9.59 Å². The molecule has 0 aromatic heterocycles. The first-order valence-electron chi connectivity index (χ1n) is 7.62. The molecule has 2 aromatic rings. The third-order valence-electron chi connectivity index (χ3n) is 3.70. The lowest BCUT2D eigenvalue weighted by Crippen LogP contribution is -2.40. The summed E-state index contributed by atoms with van der Waals surface area (Å²) in [5.74, 6) is 0.735. The highest BCUT2D eigenvalue weighted by atomic mass is 16.5. The summed E-state index contributed by atoms with van der Waals surface area (Å²) in [7, 11) is 1.59. The molecule has 0 spiro atoms. The Balaban J connectivity index is 1.56.